The zero-order chi connectivity index (χ0) is 27.1. The summed E-state index contributed by atoms with van der Waals surface area (Å²) < 4.78 is 41.1. The summed E-state index contributed by atoms with van der Waals surface area (Å²) in [5.41, 5.74) is 7.80. The van der Waals surface area contributed by atoms with Crippen LogP contribution < -0.4 is 29.4 Å². The number of allylic oxidation sites excluding steroid dienone is 1. The lowest BCUT2D eigenvalue weighted by atomic mass is 9.83. The Hall–Kier alpha value is -4.71. The van der Waals surface area contributed by atoms with E-state index >= 15 is 0 Å². The van der Waals surface area contributed by atoms with E-state index in [1.54, 1.807) is 12.1 Å². The Bertz CT molecular complexity index is 1380. The molecule has 1 aliphatic heterocycles. The van der Waals surface area contributed by atoms with Crippen LogP contribution in [0.3, 0.4) is 0 Å². The Balaban J connectivity index is 1.58. The number of hydrogen-bond donors (Lipinski definition) is 1. The number of nitrogens with two attached hydrogens (primary N) is 1. The molecule has 196 valence electrons. The number of rotatable bonds is 10. The maximum absolute atomic E-state index is 13.0. The van der Waals surface area contributed by atoms with Gasteiger partial charge in [0.25, 0.3) is 0 Å². The van der Waals surface area contributed by atoms with Crippen LogP contribution in [0.4, 0.5) is 4.39 Å². The van der Waals surface area contributed by atoms with Crippen molar-refractivity contribution in [2.24, 2.45) is 5.73 Å². The molecular formula is C29H27FN2O6. The number of carbonyl (C=O) groups is 1. The molecule has 0 spiro atoms. The summed E-state index contributed by atoms with van der Waals surface area (Å²) in [5, 5.41) is 9.88. The van der Waals surface area contributed by atoms with E-state index in [0.29, 0.717) is 41.8 Å². The zero-order valence-electron chi connectivity index (χ0n) is 21.0. The molecule has 1 aliphatic rings. The maximum atomic E-state index is 13.0. The van der Waals surface area contributed by atoms with Crippen molar-refractivity contribution in [3.8, 4) is 34.8 Å². The molecular weight excluding hydrogens is 491 g/mol. The van der Waals surface area contributed by atoms with Crippen molar-refractivity contribution in [3.05, 3.63) is 89.1 Å². The third-order valence-corrected chi connectivity index (χ3v) is 5.66. The van der Waals surface area contributed by atoms with Gasteiger partial charge in [-0.15, -0.1) is 0 Å². The van der Waals surface area contributed by atoms with E-state index in [9.17, 15) is 14.4 Å². The first-order valence-electron chi connectivity index (χ1n) is 12.1. The second kappa shape index (κ2) is 12.0. The summed E-state index contributed by atoms with van der Waals surface area (Å²) in [7, 11) is 0. The molecule has 0 saturated carbocycles. The first-order chi connectivity index (χ1) is 18.4. The minimum absolute atomic E-state index is 0.0441. The Morgan fingerprint density at radius 3 is 2.47 bits per heavy atom. The molecule has 4 rings (SSSR count). The van der Waals surface area contributed by atoms with Crippen LogP contribution in [0, 0.1) is 17.1 Å². The summed E-state index contributed by atoms with van der Waals surface area (Å²) in [6, 6.07) is 17.8. The molecule has 3 aromatic rings. The predicted octanol–water partition coefficient (Wildman–Crippen LogP) is 5.22. The number of halogens is 1. The van der Waals surface area contributed by atoms with E-state index in [2.05, 4.69) is 6.07 Å². The third kappa shape index (κ3) is 5.98. The highest BCUT2D eigenvalue weighted by molar-refractivity contribution is 5.74. The van der Waals surface area contributed by atoms with Gasteiger partial charge in [-0.1, -0.05) is 19.1 Å². The normalized spacial score (nSPS) is 14.1. The maximum Gasteiger partial charge on any atom is 0.349 e. The number of fused-ring (bicyclic) bond motifs is 1. The smallest absolute Gasteiger partial charge is 0.349 e. The van der Waals surface area contributed by atoms with Crippen molar-refractivity contribution < 1.29 is 32.9 Å². The van der Waals surface area contributed by atoms with Crippen molar-refractivity contribution in [1.29, 1.82) is 5.26 Å². The molecule has 1 heterocycles. The van der Waals surface area contributed by atoms with Crippen LogP contribution in [0.2, 0.25) is 0 Å². The van der Waals surface area contributed by atoms with Gasteiger partial charge in [0.15, 0.2) is 18.1 Å². The number of hydrogen-bond acceptors (Lipinski definition) is 8. The van der Waals surface area contributed by atoms with Crippen LogP contribution in [0.1, 0.15) is 37.3 Å². The quantitative estimate of drug-likeness (QED) is 0.287. The molecule has 0 bridgehead atoms. The Kier molecular flexibility index (Phi) is 8.34. The van der Waals surface area contributed by atoms with E-state index in [1.807, 2.05) is 32.0 Å². The van der Waals surface area contributed by atoms with Gasteiger partial charge in [-0.2, -0.15) is 5.26 Å². The van der Waals surface area contributed by atoms with Gasteiger partial charge in [-0.3, -0.25) is 0 Å². The standard InChI is InChI=1S/C29H27FN2O6/c1-3-13-35-24-12-5-18(14-26(24)34-4-2)28-22-11-10-21(15-25(22)38-29(32)23(28)16-31)37-27(33)17-36-20-8-6-19(30)7-9-20/h5-12,14-15,28H,3-4,13,17,32H2,1-2H3. The number of nitrogens with zero attached hydrogens (tertiary/aromatic N) is 1. The van der Waals surface area contributed by atoms with Crippen molar-refractivity contribution in [3.63, 3.8) is 0 Å². The molecule has 1 unspecified atom stereocenters. The van der Waals surface area contributed by atoms with Gasteiger partial charge >= 0.3 is 5.97 Å². The molecule has 2 N–H and O–H groups in total. The molecule has 0 amide bonds. The number of nitriles is 1. The van der Waals surface area contributed by atoms with E-state index in [-0.39, 0.29) is 23.8 Å². The number of ether oxygens (including phenoxy) is 5. The van der Waals surface area contributed by atoms with Crippen molar-refractivity contribution >= 4 is 5.97 Å². The molecule has 0 saturated heterocycles. The highest BCUT2D eigenvalue weighted by Gasteiger charge is 2.32. The molecule has 8 nitrogen and oxygen atoms in total. The summed E-state index contributed by atoms with van der Waals surface area (Å²) in [5.74, 6) is 0.426. The SMILES string of the molecule is CCCOc1ccc(C2C(C#N)=C(N)Oc3cc(OC(=O)COc4ccc(F)cc4)ccc32)cc1OCC. The van der Waals surface area contributed by atoms with Crippen molar-refractivity contribution in [2.75, 3.05) is 19.8 Å². The minimum atomic E-state index is -0.660. The molecule has 0 radical (unpaired) electrons. The molecule has 0 fully saturated rings. The van der Waals surface area contributed by atoms with Gasteiger partial charge in [0, 0.05) is 11.6 Å². The monoisotopic (exact) mass is 518 g/mol. The summed E-state index contributed by atoms with van der Waals surface area (Å²) in [4.78, 5) is 12.3. The number of esters is 1. The third-order valence-electron chi connectivity index (χ3n) is 5.66. The van der Waals surface area contributed by atoms with Gasteiger partial charge in [-0.25, -0.2) is 9.18 Å². The summed E-state index contributed by atoms with van der Waals surface area (Å²) in [6.07, 6.45) is 0.851. The molecule has 1 atom stereocenters. The van der Waals surface area contributed by atoms with Gasteiger partial charge in [-0.05, 0) is 61.4 Å². The molecule has 0 aromatic heterocycles. The van der Waals surface area contributed by atoms with Crippen LogP contribution in [0.5, 0.6) is 28.7 Å². The minimum Gasteiger partial charge on any atom is -0.490 e. The summed E-state index contributed by atoms with van der Waals surface area (Å²) in [6.45, 7) is 4.52. The second-order valence-electron chi connectivity index (χ2n) is 8.33. The molecule has 3 aromatic carbocycles. The topological polar surface area (TPSA) is 113 Å². The van der Waals surface area contributed by atoms with Gasteiger partial charge in [0.2, 0.25) is 5.88 Å². The lowest BCUT2D eigenvalue weighted by molar-refractivity contribution is -0.136. The van der Waals surface area contributed by atoms with Crippen LogP contribution in [-0.2, 0) is 4.79 Å². The predicted molar refractivity (Wildman–Crippen MR) is 137 cm³/mol. The van der Waals surface area contributed by atoms with Crippen LogP contribution >= 0.6 is 0 Å². The lowest BCUT2D eigenvalue weighted by Gasteiger charge is -2.27. The fourth-order valence-electron chi connectivity index (χ4n) is 3.98. The second-order valence-corrected chi connectivity index (χ2v) is 8.33. The van der Waals surface area contributed by atoms with Crippen LogP contribution in [0.25, 0.3) is 0 Å². The first kappa shape index (κ1) is 26.4. The Labute approximate surface area is 219 Å². The van der Waals surface area contributed by atoms with Crippen molar-refractivity contribution in [1.82, 2.24) is 0 Å². The van der Waals surface area contributed by atoms with E-state index in [1.165, 1.54) is 30.3 Å². The molecule has 9 heteroatoms. The number of benzene rings is 3. The van der Waals surface area contributed by atoms with Gasteiger partial charge in [0.1, 0.15) is 34.7 Å². The molecule has 38 heavy (non-hydrogen) atoms. The van der Waals surface area contributed by atoms with Gasteiger partial charge in [0.05, 0.1) is 19.1 Å². The van der Waals surface area contributed by atoms with Crippen molar-refractivity contribution in [2.45, 2.75) is 26.2 Å². The summed E-state index contributed by atoms with van der Waals surface area (Å²) >= 11 is 0. The number of carbonyl (C=O) groups excluding carboxylic acids is 1. The average Bonchev–Trinajstić information content (AvgIpc) is 2.91. The van der Waals surface area contributed by atoms with E-state index in [0.717, 1.165) is 12.0 Å². The largest absolute Gasteiger partial charge is 0.490 e. The highest BCUT2D eigenvalue weighted by atomic mass is 19.1. The highest BCUT2D eigenvalue weighted by Crippen LogP contribution is 2.45. The Morgan fingerprint density at radius 2 is 1.76 bits per heavy atom. The fraction of sp³-hybridized carbons (Fsp3) is 0.241. The van der Waals surface area contributed by atoms with E-state index in [4.69, 9.17) is 29.4 Å². The lowest BCUT2D eigenvalue weighted by Crippen LogP contribution is -2.22. The fourth-order valence-corrected chi connectivity index (χ4v) is 3.98. The van der Waals surface area contributed by atoms with E-state index < -0.39 is 17.7 Å². The van der Waals surface area contributed by atoms with Crippen LogP contribution in [-0.4, -0.2) is 25.8 Å². The molecule has 0 aliphatic carbocycles. The van der Waals surface area contributed by atoms with Crippen LogP contribution in [0.15, 0.2) is 72.1 Å². The first-order valence-corrected chi connectivity index (χ1v) is 12.1. The van der Waals surface area contributed by atoms with Gasteiger partial charge < -0.3 is 29.4 Å². The average molecular weight is 519 g/mol. The zero-order valence-corrected chi connectivity index (χ0v) is 21.0. The Morgan fingerprint density at radius 1 is 1.00 bits per heavy atom.